The molecule has 0 spiro atoms. The van der Waals surface area contributed by atoms with Crippen molar-refractivity contribution in [1.29, 1.82) is 0 Å². The highest BCUT2D eigenvalue weighted by Crippen LogP contribution is 2.45. The number of amides is 2. The van der Waals surface area contributed by atoms with Gasteiger partial charge in [0, 0.05) is 25.3 Å². The summed E-state index contributed by atoms with van der Waals surface area (Å²) in [5.74, 6) is -0.683. The van der Waals surface area contributed by atoms with Crippen LogP contribution in [0.4, 0.5) is 9.39 Å². The van der Waals surface area contributed by atoms with Crippen LogP contribution in [-0.4, -0.2) is 73.7 Å². The summed E-state index contributed by atoms with van der Waals surface area (Å²) < 4.78 is 32.7. The number of hydrogen-bond donors (Lipinski definition) is 2. The molecule has 0 radical (unpaired) electrons. The number of thiophene rings is 1. The first-order valence-electron chi connectivity index (χ1n) is 12.2. The smallest absolute Gasteiger partial charge is 0.261 e. The molecule has 0 bridgehead atoms. The lowest BCUT2D eigenvalue weighted by Crippen LogP contribution is -2.60. The molecular formula is C25H29BrFN3O6S. The van der Waals surface area contributed by atoms with Gasteiger partial charge in [-0.3, -0.25) is 14.5 Å². The number of halogens is 2. The van der Waals surface area contributed by atoms with Crippen LogP contribution in [0.1, 0.15) is 46.9 Å². The van der Waals surface area contributed by atoms with E-state index in [-0.39, 0.29) is 18.6 Å². The highest BCUT2D eigenvalue weighted by molar-refractivity contribution is 9.11. The number of methoxy groups -OCH3 is 1. The number of aliphatic hydroxyl groups is 1. The molecule has 3 aliphatic rings. The van der Waals surface area contributed by atoms with Crippen LogP contribution in [0, 0.1) is 12.7 Å². The Morgan fingerprint density at radius 3 is 2.73 bits per heavy atom. The molecule has 3 aliphatic heterocycles. The van der Waals surface area contributed by atoms with Gasteiger partial charge in [-0.1, -0.05) is 0 Å². The number of aliphatic hydroxyl groups excluding tert-OH is 1. The predicted molar refractivity (Wildman–Crippen MR) is 138 cm³/mol. The maximum absolute atomic E-state index is 14.4. The number of nitrogens with zero attached hydrogens (tertiary/aromatic N) is 2. The highest BCUT2D eigenvalue weighted by atomic mass is 79.9. The Morgan fingerprint density at radius 2 is 2.05 bits per heavy atom. The van der Waals surface area contributed by atoms with Crippen LogP contribution in [-0.2, 0) is 14.3 Å². The molecule has 5 rings (SSSR count). The molecule has 2 saturated heterocycles. The van der Waals surface area contributed by atoms with Crippen molar-refractivity contribution < 1.29 is 33.3 Å². The maximum atomic E-state index is 14.4. The third-order valence-corrected chi connectivity index (χ3v) is 9.29. The van der Waals surface area contributed by atoms with Crippen molar-refractivity contribution in [3.63, 3.8) is 0 Å². The molecule has 4 heterocycles. The topological polar surface area (TPSA) is 101 Å². The lowest BCUT2D eigenvalue weighted by Gasteiger charge is -2.44. The zero-order chi connectivity index (χ0) is 26.3. The van der Waals surface area contributed by atoms with E-state index in [2.05, 4.69) is 21.2 Å². The largest absolute Gasteiger partial charge is 0.496 e. The van der Waals surface area contributed by atoms with Crippen molar-refractivity contribution in [2.75, 3.05) is 38.3 Å². The lowest BCUT2D eigenvalue weighted by atomic mass is 10.0. The summed E-state index contributed by atoms with van der Waals surface area (Å²) in [4.78, 5) is 29.1. The van der Waals surface area contributed by atoms with Crippen LogP contribution in [0.2, 0.25) is 0 Å². The van der Waals surface area contributed by atoms with Crippen molar-refractivity contribution >= 4 is 44.1 Å². The standard InChI is InChI=1S/C25H29BrFN3O6S/c1-13-20-23(32)30(17-5-8-28-22(17)31)25(33)29(24(20)37-21(13)26)12-19(36-15-6-9-35-10-7-15)16-11-14(27)3-4-18(16)34-2/h3-4,11,15,17,19,25,33H,5-10,12H2,1-2H3,(H,28,31)/t17?,19-,25?/m0/s1. The second-order valence-corrected chi connectivity index (χ2v) is 11.6. The van der Waals surface area contributed by atoms with E-state index in [4.69, 9.17) is 14.2 Å². The Hall–Kier alpha value is -2.25. The van der Waals surface area contributed by atoms with Gasteiger partial charge in [-0.15, -0.1) is 11.3 Å². The monoisotopic (exact) mass is 597 g/mol. The number of carbonyl (C=O) groups is 2. The molecule has 12 heteroatoms. The number of nitrogens with one attached hydrogen (secondary N) is 1. The highest BCUT2D eigenvalue weighted by Gasteiger charge is 2.47. The number of carbonyl (C=O) groups excluding carboxylic acids is 2. The molecule has 2 unspecified atom stereocenters. The molecule has 0 aliphatic carbocycles. The summed E-state index contributed by atoms with van der Waals surface area (Å²) >= 11 is 4.86. The molecule has 37 heavy (non-hydrogen) atoms. The van der Waals surface area contributed by atoms with Crippen LogP contribution < -0.4 is 15.0 Å². The van der Waals surface area contributed by atoms with Crippen molar-refractivity contribution in [1.82, 2.24) is 10.2 Å². The van der Waals surface area contributed by atoms with Gasteiger partial charge in [0.15, 0.2) is 0 Å². The molecule has 0 saturated carbocycles. The Kier molecular flexibility index (Phi) is 7.73. The van der Waals surface area contributed by atoms with E-state index in [1.807, 2.05) is 6.92 Å². The van der Waals surface area contributed by atoms with Crippen molar-refractivity contribution in [3.8, 4) is 5.75 Å². The Bertz CT molecular complexity index is 1190. The number of anilines is 1. The number of ether oxygens (including phenoxy) is 3. The van der Waals surface area contributed by atoms with Crippen LogP contribution in [0.3, 0.4) is 0 Å². The van der Waals surface area contributed by atoms with Gasteiger partial charge in [0.1, 0.15) is 28.7 Å². The minimum absolute atomic E-state index is 0.0931. The van der Waals surface area contributed by atoms with Crippen molar-refractivity contribution in [2.24, 2.45) is 0 Å². The van der Waals surface area contributed by atoms with Gasteiger partial charge in [0.05, 0.1) is 29.1 Å². The van der Waals surface area contributed by atoms with E-state index in [9.17, 15) is 19.1 Å². The molecule has 1 aromatic carbocycles. The van der Waals surface area contributed by atoms with Gasteiger partial charge >= 0.3 is 0 Å². The van der Waals surface area contributed by atoms with Gasteiger partial charge < -0.3 is 29.5 Å². The first-order valence-corrected chi connectivity index (χ1v) is 13.8. The summed E-state index contributed by atoms with van der Waals surface area (Å²) in [6, 6.07) is 3.45. The Morgan fingerprint density at radius 1 is 1.30 bits per heavy atom. The molecule has 2 aromatic rings. The van der Waals surface area contributed by atoms with Crippen LogP contribution >= 0.6 is 27.3 Å². The van der Waals surface area contributed by atoms with Gasteiger partial charge in [-0.2, -0.15) is 0 Å². The average Bonchev–Trinajstić information content (AvgIpc) is 3.44. The van der Waals surface area contributed by atoms with E-state index in [1.165, 1.54) is 35.5 Å². The van der Waals surface area contributed by atoms with Gasteiger partial charge in [-0.05, 0) is 65.9 Å². The normalized spacial score (nSPS) is 23.3. The first-order chi connectivity index (χ1) is 17.8. The van der Waals surface area contributed by atoms with Crippen molar-refractivity contribution in [2.45, 2.75) is 50.8 Å². The summed E-state index contributed by atoms with van der Waals surface area (Å²) in [7, 11) is 1.51. The fourth-order valence-electron chi connectivity index (χ4n) is 5.13. The van der Waals surface area contributed by atoms with E-state index in [0.29, 0.717) is 60.9 Å². The molecular weight excluding hydrogens is 569 g/mol. The number of hydrogen-bond acceptors (Lipinski definition) is 8. The van der Waals surface area contributed by atoms with E-state index in [0.717, 1.165) is 9.35 Å². The fourth-order valence-corrected chi connectivity index (χ4v) is 6.85. The summed E-state index contributed by atoms with van der Waals surface area (Å²) in [6.07, 6.45) is -0.501. The van der Waals surface area contributed by atoms with E-state index >= 15 is 0 Å². The molecule has 2 amide bonds. The molecule has 3 atom stereocenters. The lowest BCUT2D eigenvalue weighted by molar-refractivity contribution is -0.126. The zero-order valence-electron chi connectivity index (χ0n) is 20.5. The molecule has 1 aromatic heterocycles. The first kappa shape index (κ1) is 26.4. The van der Waals surface area contributed by atoms with Crippen LogP contribution in [0.25, 0.3) is 0 Å². The molecule has 2 fully saturated rings. The minimum atomic E-state index is -1.42. The van der Waals surface area contributed by atoms with Gasteiger partial charge in [0.2, 0.25) is 12.3 Å². The van der Waals surface area contributed by atoms with Crippen molar-refractivity contribution in [3.05, 3.63) is 44.5 Å². The second kappa shape index (κ2) is 10.9. The Balaban J connectivity index is 1.56. The SMILES string of the molecule is COc1ccc(F)cc1[C@H](CN1c2sc(Br)c(C)c2C(=O)N(C2CCNC2=O)C1O)OC1CCOCC1. The summed E-state index contributed by atoms with van der Waals surface area (Å²) in [5, 5.41) is 14.9. The minimum Gasteiger partial charge on any atom is -0.496 e. The predicted octanol–water partition coefficient (Wildman–Crippen LogP) is 3.33. The average molecular weight is 598 g/mol. The summed E-state index contributed by atoms with van der Waals surface area (Å²) in [5.41, 5.74) is 1.66. The third-order valence-electron chi connectivity index (χ3n) is 7.09. The number of benzene rings is 1. The third kappa shape index (κ3) is 4.97. The molecule has 9 nitrogen and oxygen atoms in total. The van der Waals surface area contributed by atoms with Gasteiger partial charge in [-0.25, -0.2) is 4.39 Å². The zero-order valence-corrected chi connectivity index (χ0v) is 22.9. The number of fused-ring (bicyclic) bond motifs is 1. The Labute approximate surface area is 226 Å². The second-order valence-electron chi connectivity index (χ2n) is 9.31. The number of rotatable bonds is 7. The summed E-state index contributed by atoms with van der Waals surface area (Å²) in [6.45, 7) is 3.46. The van der Waals surface area contributed by atoms with E-state index < -0.39 is 30.2 Å². The quantitative estimate of drug-likeness (QED) is 0.505. The van der Waals surface area contributed by atoms with E-state index in [1.54, 1.807) is 11.0 Å². The van der Waals surface area contributed by atoms with Crippen LogP contribution in [0.5, 0.6) is 5.75 Å². The van der Waals surface area contributed by atoms with Gasteiger partial charge in [0.25, 0.3) is 5.91 Å². The van der Waals surface area contributed by atoms with Crippen LogP contribution in [0.15, 0.2) is 22.0 Å². The maximum Gasteiger partial charge on any atom is 0.261 e. The molecule has 200 valence electrons. The molecule has 2 N–H and O–H groups in total. The fraction of sp³-hybridized carbons (Fsp3) is 0.520.